The summed E-state index contributed by atoms with van der Waals surface area (Å²) < 4.78 is 5.66. The molecule has 1 rings (SSSR count). The number of halogens is 1. The van der Waals surface area contributed by atoms with Crippen molar-refractivity contribution < 1.29 is 4.74 Å². The van der Waals surface area contributed by atoms with Crippen LogP contribution in [0.15, 0.2) is 0 Å². The van der Waals surface area contributed by atoms with E-state index in [-0.39, 0.29) is 18.6 Å². The van der Waals surface area contributed by atoms with E-state index >= 15 is 0 Å². The Hall–Kier alpha value is 0.210. The van der Waals surface area contributed by atoms with Crippen LogP contribution in [0.3, 0.4) is 0 Å². The van der Waals surface area contributed by atoms with Crippen molar-refractivity contribution in [1.29, 1.82) is 0 Å². The van der Waals surface area contributed by atoms with Gasteiger partial charge in [-0.2, -0.15) is 0 Å². The summed E-state index contributed by atoms with van der Waals surface area (Å²) >= 11 is 0. The Morgan fingerprint density at radius 2 is 2.00 bits per heavy atom. The summed E-state index contributed by atoms with van der Waals surface area (Å²) in [5.41, 5.74) is 0.359. The van der Waals surface area contributed by atoms with Crippen LogP contribution in [0.4, 0.5) is 0 Å². The molecule has 0 bridgehead atoms. The van der Waals surface area contributed by atoms with Crippen molar-refractivity contribution in [3.8, 4) is 0 Å². The zero-order valence-electron chi connectivity index (χ0n) is 9.09. The maximum absolute atomic E-state index is 5.66. The van der Waals surface area contributed by atoms with Crippen LogP contribution in [-0.2, 0) is 4.74 Å². The van der Waals surface area contributed by atoms with Crippen molar-refractivity contribution in [3.63, 3.8) is 0 Å². The molecule has 13 heavy (non-hydrogen) atoms. The summed E-state index contributed by atoms with van der Waals surface area (Å²) in [5, 5.41) is 3.40. The van der Waals surface area contributed by atoms with Crippen molar-refractivity contribution in [3.05, 3.63) is 0 Å². The fourth-order valence-electron chi connectivity index (χ4n) is 1.42. The van der Waals surface area contributed by atoms with E-state index in [0.29, 0.717) is 11.3 Å². The van der Waals surface area contributed by atoms with Crippen LogP contribution in [-0.4, -0.2) is 19.4 Å². The molecule has 1 N–H and O–H groups in total. The van der Waals surface area contributed by atoms with Crippen molar-refractivity contribution in [2.75, 3.05) is 13.2 Å². The fraction of sp³-hybridized carbons (Fsp3) is 1.00. The van der Waals surface area contributed by atoms with E-state index < -0.39 is 0 Å². The third-order valence-corrected chi connectivity index (χ3v) is 2.07. The maximum Gasteiger partial charge on any atom is 0.108 e. The smallest absolute Gasteiger partial charge is 0.108 e. The number of rotatable bonds is 1. The first-order valence-electron chi connectivity index (χ1n) is 4.82. The van der Waals surface area contributed by atoms with Crippen LogP contribution in [0.2, 0.25) is 0 Å². The lowest BCUT2D eigenvalue weighted by atomic mass is 9.91. The molecule has 1 aliphatic heterocycles. The van der Waals surface area contributed by atoms with Gasteiger partial charge in [-0.25, -0.2) is 0 Å². The van der Waals surface area contributed by atoms with Gasteiger partial charge in [0, 0.05) is 6.54 Å². The SMILES string of the molecule is CC1CNC(CC(C)(C)C)OC1.Cl. The Morgan fingerprint density at radius 1 is 1.38 bits per heavy atom. The highest BCUT2D eigenvalue weighted by atomic mass is 35.5. The minimum atomic E-state index is 0. The topological polar surface area (TPSA) is 21.3 Å². The quantitative estimate of drug-likeness (QED) is 0.713. The second-order valence-electron chi connectivity index (χ2n) is 5.10. The lowest BCUT2D eigenvalue weighted by molar-refractivity contribution is -0.0429. The predicted molar refractivity (Wildman–Crippen MR) is 58.2 cm³/mol. The van der Waals surface area contributed by atoms with Crippen LogP contribution in [0, 0.1) is 11.3 Å². The molecular weight excluding hydrogens is 186 g/mol. The van der Waals surface area contributed by atoms with Gasteiger partial charge in [-0.05, 0) is 17.8 Å². The average Bonchev–Trinajstić information content (AvgIpc) is 1.91. The normalized spacial score (nSPS) is 29.5. The van der Waals surface area contributed by atoms with Crippen LogP contribution < -0.4 is 5.32 Å². The van der Waals surface area contributed by atoms with E-state index in [1.807, 2.05) is 0 Å². The molecule has 0 amide bonds. The molecule has 1 aliphatic rings. The first-order valence-corrected chi connectivity index (χ1v) is 4.82. The Morgan fingerprint density at radius 3 is 2.38 bits per heavy atom. The molecule has 0 spiro atoms. The van der Waals surface area contributed by atoms with Crippen molar-refractivity contribution in [2.45, 2.75) is 40.3 Å². The standard InChI is InChI=1S/C10H21NO.ClH/c1-8-6-11-9(12-7-8)5-10(2,3)4;/h8-9,11H,5-7H2,1-4H3;1H. The predicted octanol–water partition coefficient (Wildman–Crippen LogP) is 2.43. The van der Waals surface area contributed by atoms with Crippen LogP contribution >= 0.6 is 12.4 Å². The monoisotopic (exact) mass is 207 g/mol. The minimum Gasteiger partial charge on any atom is -0.363 e. The summed E-state index contributed by atoms with van der Waals surface area (Å²) in [5.74, 6) is 0.668. The highest BCUT2D eigenvalue weighted by Gasteiger charge is 2.22. The molecule has 80 valence electrons. The molecule has 0 saturated carbocycles. The molecule has 2 atom stereocenters. The van der Waals surface area contributed by atoms with E-state index in [1.165, 1.54) is 0 Å². The Labute approximate surface area is 87.8 Å². The van der Waals surface area contributed by atoms with Crippen molar-refractivity contribution >= 4 is 12.4 Å². The molecule has 2 nitrogen and oxygen atoms in total. The summed E-state index contributed by atoms with van der Waals surface area (Å²) in [4.78, 5) is 0. The molecule has 0 aliphatic carbocycles. The van der Waals surface area contributed by atoms with E-state index in [9.17, 15) is 0 Å². The van der Waals surface area contributed by atoms with Gasteiger partial charge in [-0.1, -0.05) is 27.7 Å². The zero-order chi connectivity index (χ0) is 9.19. The van der Waals surface area contributed by atoms with Gasteiger partial charge in [-0.15, -0.1) is 12.4 Å². The van der Waals surface area contributed by atoms with Gasteiger partial charge >= 0.3 is 0 Å². The average molecular weight is 208 g/mol. The van der Waals surface area contributed by atoms with E-state index in [0.717, 1.165) is 19.6 Å². The third kappa shape index (κ3) is 5.50. The summed E-state index contributed by atoms with van der Waals surface area (Å²) in [6.45, 7) is 11.0. The van der Waals surface area contributed by atoms with Gasteiger partial charge in [0.2, 0.25) is 0 Å². The van der Waals surface area contributed by atoms with E-state index in [2.05, 4.69) is 33.0 Å². The number of hydrogen-bond donors (Lipinski definition) is 1. The van der Waals surface area contributed by atoms with E-state index in [1.54, 1.807) is 0 Å². The molecule has 0 aromatic carbocycles. The second kappa shape index (κ2) is 5.18. The first-order chi connectivity index (χ1) is 5.47. The van der Waals surface area contributed by atoms with Crippen LogP contribution in [0.25, 0.3) is 0 Å². The second-order valence-corrected chi connectivity index (χ2v) is 5.10. The van der Waals surface area contributed by atoms with Crippen LogP contribution in [0.5, 0.6) is 0 Å². The van der Waals surface area contributed by atoms with E-state index in [4.69, 9.17) is 4.74 Å². The Kier molecular flexibility index (Phi) is 5.26. The Bertz CT molecular complexity index is 136. The van der Waals surface area contributed by atoms with Gasteiger partial charge in [0.25, 0.3) is 0 Å². The molecule has 1 fully saturated rings. The van der Waals surface area contributed by atoms with Gasteiger partial charge in [0.1, 0.15) is 6.23 Å². The minimum absolute atomic E-state index is 0. The van der Waals surface area contributed by atoms with Crippen molar-refractivity contribution in [2.24, 2.45) is 11.3 Å². The summed E-state index contributed by atoms with van der Waals surface area (Å²) in [7, 11) is 0. The first kappa shape index (κ1) is 13.2. The van der Waals surface area contributed by atoms with Gasteiger partial charge in [0.05, 0.1) is 6.61 Å². The van der Waals surface area contributed by atoms with Gasteiger partial charge in [-0.3, -0.25) is 5.32 Å². The number of nitrogens with one attached hydrogen (secondary N) is 1. The molecule has 0 radical (unpaired) electrons. The summed E-state index contributed by atoms with van der Waals surface area (Å²) in [6.07, 6.45) is 1.38. The largest absolute Gasteiger partial charge is 0.363 e. The molecule has 0 aromatic heterocycles. The molecule has 1 heterocycles. The zero-order valence-corrected chi connectivity index (χ0v) is 9.91. The molecule has 1 saturated heterocycles. The highest BCUT2D eigenvalue weighted by molar-refractivity contribution is 5.85. The molecular formula is C10H22ClNO. The van der Waals surface area contributed by atoms with Crippen molar-refractivity contribution in [1.82, 2.24) is 5.32 Å². The lowest BCUT2D eigenvalue weighted by Gasteiger charge is -2.32. The molecule has 3 heteroatoms. The summed E-state index contributed by atoms with van der Waals surface area (Å²) in [6, 6.07) is 0. The number of hydrogen-bond acceptors (Lipinski definition) is 2. The Balaban J connectivity index is 0.00000144. The highest BCUT2D eigenvalue weighted by Crippen LogP contribution is 2.22. The van der Waals surface area contributed by atoms with Crippen LogP contribution in [0.1, 0.15) is 34.1 Å². The molecule has 2 unspecified atom stereocenters. The molecule has 0 aromatic rings. The van der Waals surface area contributed by atoms with Gasteiger partial charge < -0.3 is 4.74 Å². The lowest BCUT2D eigenvalue weighted by Crippen LogP contribution is -2.44. The van der Waals surface area contributed by atoms with Gasteiger partial charge in [0.15, 0.2) is 0 Å². The third-order valence-electron chi connectivity index (χ3n) is 2.07. The fourth-order valence-corrected chi connectivity index (χ4v) is 1.42. The maximum atomic E-state index is 5.66. The number of ether oxygens (including phenoxy) is 1.